The van der Waals surface area contributed by atoms with Crippen LogP contribution in [0.25, 0.3) is 0 Å². The Hall–Kier alpha value is -1.62. The van der Waals surface area contributed by atoms with E-state index in [2.05, 4.69) is 4.98 Å². The Labute approximate surface area is 107 Å². The van der Waals surface area contributed by atoms with Crippen LogP contribution in [0.4, 0.5) is 11.4 Å². The third-order valence-corrected chi connectivity index (χ3v) is 3.24. The summed E-state index contributed by atoms with van der Waals surface area (Å²) in [4.78, 5) is 17.6. The highest BCUT2D eigenvalue weighted by atomic mass is 16.5. The molecule has 0 saturated carbocycles. The number of nitrogens with zero attached hydrogens (tertiary/aromatic N) is 2. The van der Waals surface area contributed by atoms with Gasteiger partial charge in [-0.3, -0.25) is 9.78 Å². The third kappa shape index (κ3) is 2.98. The molecule has 1 unspecified atom stereocenters. The highest BCUT2D eigenvalue weighted by Gasteiger charge is 2.21. The van der Waals surface area contributed by atoms with Crippen molar-refractivity contribution in [3.63, 3.8) is 0 Å². The van der Waals surface area contributed by atoms with Crippen LogP contribution >= 0.6 is 0 Å². The monoisotopic (exact) mass is 249 g/mol. The molecule has 1 fully saturated rings. The number of ether oxygens (including phenoxy) is 1. The first-order valence-electron chi connectivity index (χ1n) is 6.26. The molecule has 1 aliphatic heterocycles. The number of rotatable bonds is 3. The quantitative estimate of drug-likeness (QED) is 0.883. The Morgan fingerprint density at radius 3 is 3.11 bits per heavy atom. The number of carbonyl (C=O) groups is 1. The van der Waals surface area contributed by atoms with Gasteiger partial charge >= 0.3 is 0 Å². The summed E-state index contributed by atoms with van der Waals surface area (Å²) < 4.78 is 5.57. The molecular weight excluding hydrogens is 230 g/mol. The molecule has 1 aliphatic rings. The summed E-state index contributed by atoms with van der Waals surface area (Å²) in [5, 5.41) is 0. The maximum Gasteiger partial charge on any atom is 0.229 e. The molecule has 1 saturated heterocycles. The molecule has 98 valence electrons. The van der Waals surface area contributed by atoms with Crippen molar-refractivity contribution in [1.82, 2.24) is 4.98 Å². The highest BCUT2D eigenvalue weighted by molar-refractivity contribution is 5.95. The molecule has 18 heavy (non-hydrogen) atoms. The maximum atomic E-state index is 12.1. The highest BCUT2D eigenvalue weighted by Crippen LogP contribution is 2.22. The second-order valence-electron chi connectivity index (χ2n) is 4.58. The van der Waals surface area contributed by atoms with E-state index >= 15 is 0 Å². The average Bonchev–Trinajstić information content (AvgIpc) is 2.39. The van der Waals surface area contributed by atoms with E-state index in [0.717, 1.165) is 25.9 Å². The minimum atomic E-state index is 0.0276. The van der Waals surface area contributed by atoms with Gasteiger partial charge in [-0.05, 0) is 25.3 Å². The molecule has 2 N–H and O–H groups in total. The lowest BCUT2D eigenvalue weighted by atomic mass is 10.1. The number of anilines is 2. The lowest BCUT2D eigenvalue weighted by molar-refractivity contribution is -0.122. The smallest absolute Gasteiger partial charge is 0.229 e. The van der Waals surface area contributed by atoms with Crippen LogP contribution in [0.3, 0.4) is 0 Å². The van der Waals surface area contributed by atoms with Crippen molar-refractivity contribution in [2.45, 2.75) is 31.8 Å². The molecule has 0 bridgehead atoms. The van der Waals surface area contributed by atoms with Crippen molar-refractivity contribution in [1.29, 1.82) is 0 Å². The fourth-order valence-electron chi connectivity index (χ4n) is 2.14. The Morgan fingerprint density at radius 2 is 2.44 bits per heavy atom. The van der Waals surface area contributed by atoms with Crippen molar-refractivity contribution >= 4 is 17.3 Å². The number of nitrogens with two attached hydrogens (primary N) is 1. The predicted molar refractivity (Wildman–Crippen MR) is 70.3 cm³/mol. The zero-order valence-corrected chi connectivity index (χ0v) is 10.6. The molecule has 1 aromatic rings. The lowest BCUT2D eigenvalue weighted by Crippen LogP contribution is -2.32. The van der Waals surface area contributed by atoms with Gasteiger partial charge in [-0.25, -0.2) is 0 Å². The first kappa shape index (κ1) is 12.8. The van der Waals surface area contributed by atoms with E-state index in [-0.39, 0.29) is 12.0 Å². The van der Waals surface area contributed by atoms with E-state index in [1.54, 1.807) is 30.4 Å². The van der Waals surface area contributed by atoms with E-state index in [4.69, 9.17) is 10.5 Å². The molecule has 0 aromatic carbocycles. The largest absolute Gasteiger partial charge is 0.396 e. The standard InChI is InChI=1S/C13H19N3O2/c1-16(12-5-6-15-9-11(12)14)13(17)8-10-4-2-3-7-18-10/h5-6,9-10H,2-4,7-8,14H2,1H3. The third-order valence-electron chi connectivity index (χ3n) is 3.24. The van der Waals surface area contributed by atoms with Gasteiger partial charge in [0.2, 0.25) is 5.91 Å². The van der Waals surface area contributed by atoms with Crippen LogP contribution in [-0.4, -0.2) is 30.6 Å². The molecule has 0 aliphatic carbocycles. The second-order valence-corrected chi connectivity index (χ2v) is 4.58. The lowest BCUT2D eigenvalue weighted by Gasteiger charge is -2.25. The zero-order valence-electron chi connectivity index (χ0n) is 10.6. The molecule has 0 spiro atoms. The van der Waals surface area contributed by atoms with Gasteiger partial charge in [-0.2, -0.15) is 0 Å². The Morgan fingerprint density at radius 1 is 1.61 bits per heavy atom. The fourth-order valence-corrected chi connectivity index (χ4v) is 2.14. The molecule has 2 heterocycles. The van der Waals surface area contributed by atoms with E-state index in [9.17, 15) is 4.79 Å². The van der Waals surface area contributed by atoms with Gasteiger partial charge in [-0.1, -0.05) is 0 Å². The summed E-state index contributed by atoms with van der Waals surface area (Å²) in [6, 6.07) is 1.75. The van der Waals surface area contributed by atoms with E-state index < -0.39 is 0 Å². The number of carbonyl (C=O) groups excluding carboxylic acids is 1. The van der Waals surface area contributed by atoms with Crippen LogP contribution in [0.5, 0.6) is 0 Å². The molecule has 2 rings (SSSR count). The number of hydrogen-bond acceptors (Lipinski definition) is 4. The fraction of sp³-hybridized carbons (Fsp3) is 0.538. The number of nitrogen functional groups attached to an aromatic ring is 1. The number of hydrogen-bond donors (Lipinski definition) is 1. The summed E-state index contributed by atoms with van der Waals surface area (Å²) in [7, 11) is 1.73. The van der Waals surface area contributed by atoms with Crippen LogP contribution in [0.15, 0.2) is 18.5 Å². The zero-order chi connectivity index (χ0) is 13.0. The van der Waals surface area contributed by atoms with E-state index in [1.807, 2.05) is 0 Å². The average molecular weight is 249 g/mol. The van der Waals surface area contributed by atoms with Crippen LogP contribution in [0.2, 0.25) is 0 Å². The van der Waals surface area contributed by atoms with Crippen molar-refractivity contribution in [3.8, 4) is 0 Å². The van der Waals surface area contributed by atoms with E-state index in [1.165, 1.54) is 0 Å². The van der Waals surface area contributed by atoms with Gasteiger partial charge in [0.15, 0.2) is 0 Å². The van der Waals surface area contributed by atoms with Crippen LogP contribution in [0, 0.1) is 0 Å². The van der Waals surface area contributed by atoms with Crippen molar-refractivity contribution in [2.24, 2.45) is 0 Å². The molecule has 1 atom stereocenters. The van der Waals surface area contributed by atoms with Crippen molar-refractivity contribution < 1.29 is 9.53 Å². The summed E-state index contributed by atoms with van der Waals surface area (Å²) >= 11 is 0. The first-order valence-corrected chi connectivity index (χ1v) is 6.26. The minimum absolute atomic E-state index is 0.0276. The van der Waals surface area contributed by atoms with Gasteiger partial charge < -0.3 is 15.4 Å². The Balaban J connectivity index is 1.98. The minimum Gasteiger partial charge on any atom is -0.396 e. The number of aromatic nitrogens is 1. The van der Waals surface area contributed by atoms with Gasteiger partial charge in [0, 0.05) is 19.9 Å². The van der Waals surface area contributed by atoms with Crippen molar-refractivity contribution in [2.75, 3.05) is 24.3 Å². The molecule has 0 radical (unpaired) electrons. The van der Waals surface area contributed by atoms with Gasteiger partial charge in [0.25, 0.3) is 0 Å². The number of pyridine rings is 1. The summed E-state index contributed by atoms with van der Waals surface area (Å²) in [5.74, 6) is 0.0276. The number of amides is 1. The van der Waals surface area contributed by atoms with Crippen LogP contribution < -0.4 is 10.6 Å². The van der Waals surface area contributed by atoms with Crippen LogP contribution in [-0.2, 0) is 9.53 Å². The summed E-state index contributed by atoms with van der Waals surface area (Å²) in [5.41, 5.74) is 7.02. The maximum absolute atomic E-state index is 12.1. The first-order chi connectivity index (χ1) is 8.68. The summed E-state index contributed by atoms with van der Waals surface area (Å²) in [6.07, 6.45) is 6.85. The van der Waals surface area contributed by atoms with E-state index in [0.29, 0.717) is 17.8 Å². The summed E-state index contributed by atoms with van der Waals surface area (Å²) in [6.45, 7) is 0.763. The molecule has 1 amide bonds. The van der Waals surface area contributed by atoms with Gasteiger partial charge in [0.05, 0.1) is 30.1 Å². The molecule has 5 heteroatoms. The SMILES string of the molecule is CN(C(=O)CC1CCCCO1)c1ccncc1N. The molecule has 1 aromatic heterocycles. The Kier molecular flexibility index (Phi) is 4.15. The molecule has 5 nitrogen and oxygen atoms in total. The van der Waals surface area contributed by atoms with Crippen molar-refractivity contribution in [3.05, 3.63) is 18.5 Å². The second kappa shape index (κ2) is 5.82. The molecular formula is C13H19N3O2. The normalized spacial score (nSPS) is 19.5. The van der Waals surface area contributed by atoms with Crippen LogP contribution in [0.1, 0.15) is 25.7 Å². The predicted octanol–water partition coefficient (Wildman–Crippen LogP) is 1.59. The van der Waals surface area contributed by atoms with Gasteiger partial charge in [-0.15, -0.1) is 0 Å². The Bertz CT molecular complexity index is 416. The topological polar surface area (TPSA) is 68.5 Å². The van der Waals surface area contributed by atoms with Gasteiger partial charge in [0.1, 0.15) is 0 Å².